The van der Waals surface area contributed by atoms with Crippen molar-refractivity contribution in [3.63, 3.8) is 0 Å². The van der Waals surface area contributed by atoms with Gasteiger partial charge in [-0.2, -0.15) is 0 Å². The largest absolute Gasteiger partial charge is 0.467 e. The summed E-state index contributed by atoms with van der Waals surface area (Å²) < 4.78 is 10.6. The van der Waals surface area contributed by atoms with E-state index in [2.05, 4.69) is 24.3 Å². The second-order valence-corrected chi connectivity index (χ2v) is 3.69. The maximum atomic E-state index is 5.42. The Hall–Kier alpha value is -0.840. The minimum absolute atomic E-state index is 0.558. The molecule has 0 bridgehead atoms. The Morgan fingerprint density at radius 2 is 2.27 bits per heavy atom. The van der Waals surface area contributed by atoms with Gasteiger partial charge in [0.25, 0.3) is 0 Å². The average molecular weight is 212 g/mol. The fraction of sp³-hybridized carbons (Fsp3) is 0.636. The van der Waals surface area contributed by atoms with Crippen LogP contribution in [0, 0.1) is 0 Å². The molecule has 1 N–H and O–H groups in total. The molecule has 0 aromatic carbocycles. The SMILES string of the molecule is CN(C)CCNCCOCc1ccco1. The van der Waals surface area contributed by atoms with E-state index < -0.39 is 0 Å². The average Bonchev–Trinajstić information content (AvgIpc) is 2.68. The van der Waals surface area contributed by atoms with Crippen LogP contribution in [0.25, 0.3) is 0 Å². The Morgan fingerprint density at radius 1 is 1.40 bits per heavy atom. The highest BCUT2D eigenvalue weighted by molar-refractivity contribution is 4.95. The van der Waals surface area contributed by atoms with Gasteiger partial charge in [-0.1, -0.05) is 0 Å². The molecule has 0 saturated heterocycles. The summed E-state index contributed by atoms with van der Waals surface area (Å²) in [5.41, 5.74) is 0. The van der Waals surface area contributed by atoms with Gasteiger partial charge >= 0.3 is 0 Å². The lowest BCUT2D eigenvalue weighted by atomic mass is 10.5. The zero-order valence-electron chi connectivity index (χ0n) is 9.53. The van der Waals surface area contributed by atoms with Crippen molar-refractivity contribution in [1.29, 1.82) is 0 Å². The molecular weight excluding hydrogens is 192 g/mol. The van der Waals surface area contributed by atoms with Crippen molar-refractivity contribution in [3.05, 3.63) is 24.2 Å². The lowest BCUT2D eigenvalue weighted by Gasteiger charge is -2.10. The Balaban J connectivity index is 1.85. The third kappa shape index (κ3) is 6.28. The van der Waals surface area contributed by atoms with Crippen molar-refractivity contribution < 1.29 is 9.15 Å². The van der Waals surface area contributed by atoms with Gasteiger partial charge in [-0.05, 0) is 26.2 Å². The quantitative estimate of drug-likeness (QED) is 0.651. The highest BCUT2D eigenvalue weighted by atomic mass is 16.5. The molecule has 0 radical (unpaired) electrons. The van der Waals surface area contributed by atoms with Gasteiger partial charge in [0.15, 0.2) is 0 Å². The monoisotopic (exact) mass is 212 g/mol. The van der Waals surface area contributed by atoms with Crippen LogP contribution in [0.3, 0.4) is 0 Å². The summed E-state index contributed by atoms with van der Waals surface area (Å²) in [7, 11) is 4.13. The molecule has 1 rings (SSSR count). The zero-order chi connectivity index (χ0) is 10.9. The highest BCUT2D eigenvalue weighted by Gasteiger charge is 1.95. The van der Waals surface area contributed by atoms with Gasteiger partial charge < -0.3 is 19.4 Å². The first-order valence-electron chi connectivity index (χ1n) is 5.24. The molecule has 0 saturated carbocycles. The van der Waals surface area contributed by atoms with Gasteiger partial charge in [-0.15, -0.1) is 0 Å². The first-order chi connectivity index (χ1) is 7.29. The van der Waals surface area contributed by atoms with Gasteiger partial charge in [-0.25, -0.2) is 0 Å². The lowest BCUT2D eigenvalue weighted by Crippen LogP contribution is -2.28. The molecule has 4 heteroatoms. The topological polar surface area (TPSA) is 37.6 Å². The predicted molar refractivity (Wildman–Crippen MR) is 59.8 cm³/mol. The van der Waals surface area contributed by atoms with E-state index in [4.69, 9.17) is 9.15 Å². The van der Waals surface area contributed by atoms with Gasteiger partial charge in [0.2, 0.25) is 0 Å². The van der Waals surface area contributed by atoms with Crippen molar-refractivity contribution in [2.75, 3.05) is 40.3 Å². The molecular formula is C11H20N2O2. The first-order valence-corrected chi connectivity index (χ1v) is 5.24. The van der Waals surface area contributed by atoms with Gasteiger partial charge in [0.05, 0.1) is 12.9 Å². The van der Waals surface area contributed by atoms with E-state index in [0.29, 0.717) is 13.2 Å². The second kappa shape index (κ2) is 7.45. The molecule has 4 nitrogen and oxygen atoms in total. The van der Waals surface area contributed by atoms with E-state index in [-0.39, 0.29) is 0 Å². The Morgan fingerprint density at radius 3 is 2.93 bits per heavy atom. The lowest BCUT2D eigenvalue weighted by molar-refractivity contribution is 0.108. The number of likely N-dealkylation sites (N-methyl/N-ethyl adjacent to an activating group) is 1. The molecule has 0 atom stereocenters. The van der Waals surface area contributed by atoms with Gasteiger partial charge in [0.1, 0.15) is 12.4 Å². The summed E-state index contributed by atoms with van der Waals surface area (Å²) in [6, 6.07) is 3.79. The number of ether oxygens (including phenoxy) is 1. The van der Waals surface area contributed by atoms with E-state index in [1.165, 1.54) is 0 Å². The minimum atomic E-state index is 0.558. The van der Waals surface area contributed by atoms with Crippen LogP contribution < -0.4 is 5.32 Å². The van der Waals surface area contributed by atoms with Crippen molar-refractivity contribution in [1.82, 2.24) is 10.2 Å². The molecule has 1 aromatic heterocycles. The molecule has 1 heterocycles. The summed E-state index contributed by atoms with van der Waals surface area (Å²) in [4.78, 5) is 2.15. The molecule has 1 aromatic rings. The maximum absolute atomic E-state index is 5.42. The Kier molecular flexibility index (Phi) is 6.08. The number of hydrogen-bond acceptors (Lipinski definition) is 4. The molecule has 0 spiro atoms. The van der Waals surface area contributed by atoms with Crippen molar-refractivity contribution in [2.45, 2.75) is 6.61 Å². The molecule has 0 aliphatic heterocycles. The molecule has 0 fully saturated rings. The summed E-state index contributed by atoms with van der Waals surface area (Å²) in [5, 5.41) is 3.30. The Bertz CT molecular complexity index is 235. The van der Waals surface area contributed by atoms with Gasteiger partial charge in [0, 0.05) is 19.6 Å². The van der Waals surface area contributed by atoms with Crippen molar-refractivity contribution >= 4 is 0 Å². The zero-order valence-corrected chi connectivity index (χ0v) is 9.53. The summed E-state index contributed by atoms with van der Waals surface area (Å²) in [6.07, 6.45) is 1.66. The van der Waals surface area contributed by atoms with E-state index in [9.17, 15) is 0 Å². The van der Waals surface area contributed by atoms with Crippen LogP contribution in [0.1, 0.15) is 5.76 Å². The third-order valence-electron chi connectivity index (χ3n) is 1.98. The van der Waals surface area contributed by atoms with Crippen LogP contribution in [0.15, 0.2) is 22.8 Å². The second-order valence-electron chi connectivity index (χ2n) is 3.69. The summed E-state index contributed by atoms with van der Waals surface area (Å²) in [5.74, 6) is 0.878. The fourth-order valence-electron chi connectivity index (χ4n) is 1.14. The van der Waals surface area contributed by atoms with E-state index >= 15 is 0 Å². The number of furan rings is 1. The third-order valence-corrected chi connectivity index (χ3v) is 1.98. The van der Waals surface area contributed by atoms with Crippen LogP contribution >= 0.6 is 0 Å². The van der Waals surface area contributed by atoms with Crippen LogP contribution in [0.5, 0.6) is 0 Å². The predicted octanol–water partition coefficient (Wildman–Crippen LogP) is 0.947. The van der Waals surface area contributed by atoms with Gasteiger partial charge in [-0.3, -0.25) is 0 Å². The van der Waals surface area contributed by atoms with E-state index in [0.717, 1.165) is 25.4 Å². The minimum Gasteiger partial charge on any atom is -0.467 e. The molecule has 0 aliphatic rings. The first kappa shape index (κ1) is 12.2. The number of nitrogens with zero attached hydrogens (tertiary/aromatic N) is 1. The smallest absolute Gasteiger partial charge is 0.129 e. The fourth-order valence-corrected chi connectivity index (χ4v) is 1.14. The summed E-state index contributed by atoms with van der Waals surface area (Å²) >= 11 is 0. The standard InChI is InChI=1S/C11H20N2O2/c1-13(2)7-5-12-6-9-14-10-11-4-3-8-15-11/h3-4,8,12H,5-7,9-10H2,1-2H3. The number of rotatable bonds is 8. The molecule has 15 heavy (non-hydrogen) atoms. The van der Waals surface area contributed by atoms with E-state index in [1.807, 2.05) is 12.1 Å². The number of hydrogen-bond donors (Lipinski definition) is 1. The normalized spacial score (nSPS) is 11.1. The highest BCUT2D eigenvalue weighted by Crippen LogP contribution is 2.00. The van der Waals surface area contributed by atoms with Crippen LogP contribution in [0.4, 0.5) is 0 Å². The Labute approximate surface area is 91.2 Å². The molecule has 0 aliphatic carbocycles. The molecule has 0 amide bonds. The number of nitrogens with one attached hydrogen (secondary N) is 1. The van der Waals surface area contributed by atoms with Crippen LogP contribution in [-0.4, -0.2) is 45.2 Å². The molecule has 0 unspecified atom stereocenters. The summed E-state index contributed by atoms with van der Waals surface area (Å²) in [6.45, 7) is 4.21. The van der Waals surface area contributed by atoms with Crippen molar-refractivity contribution in [2.24, 2.45) is 0 Å². The molecule has 86 valence electrons. The maximum Gasteiger partial charge on any atom is 0.129 e. The van der Waals surface area contributed by atoms with Crippen LogP contribution in [-0.2, 0) is 11.3 Å². The van der Waals surface area contributed by atoms with Crippen LogP contribution in [0.2, 0.25) is 0 Å². The van der Waals surface area contributed by atoms with Crippen molar-refractivity contribution in [3.8, 4) is 0 Å². The van der Waals surface area contributed by atoms with E-state index in [1.54, 1.807) is 6.26 Å².